The highest BCUT2D eigenvalue weighted by molar-refractivity contribution is 5.96. The summed E-state index contributed by atoms with van der Waals surface area (Å²) in [5, 5.41) is 2.78. The third kappa shape index (κ3) is 4.16. The SMILES string of the molecule is CCCCN(CC)c1ccc(C(=O)NCC)cc1N. The maximum Gasteiger partial charge on any atom is 0.251 e. The summed E-state index contributed by atoms with van der Waals surface area (Å²) in [5.41, 5.74) is 8.39. The number of anilines is 2. The van der Waals surface area contributed by atoms with E-state index >= 15 is 0 Å². The number of carbonyl (C=O) groups excluding carboxylic acids is 1. The average Bonchev–Trinajstić information content (AvgIpc) is 2.41. The molecule has 0 aliphatic carbocycles. The Balaban J connectivity index is 2.89. The summed E-state index contributed by atoms with van der Waals surface area (Å²) < 4.78 is 0. The number of amides is 1. The van der Waals surface area contributed by atoms with Crippen molar-refractivity contribution in [1.29, 1.82) is 0 Å². The van der Waals surface area contributed by atoms with E-state index in [1.807, 2.05) is 19.1 Å². The highest BCUT2D eigenvalue weighted by atomic mass is 16.1. The number of carbonyl (C=O) groups is 1. The molecule has 4 heteroatoms. The zero-order valence-electron chi connectivity index (χ0n) is 12.2. The Morgan fingerprint density at radius 1 is 1.32 bits per heavy atom. The van der Waals surface area contributed by atoms with Gasteiger partial charge in [0.1, 0.15) is 0 Å². The van der Waals surface area contributed by atoms with Gasteiger partial charge in [0.05, 0.1) is 11.4 Å². The lowest BCUT2D eigenvalue weighted by molar-refractivity contribution is 0.0956. The molecule has 1 aromatic rings. The van der Waals surface area contributed by atoms with Crippen LogP contribution in [0.2, 0.25) is 0 Å². The summed E-state index contributed by atoms with van der Waals surface area (Å²) in [7, 11) is 0. The molecule has 1 amide bonds. The number of unbranched alkanes of at least 4 members (excludes halogenated alkanes) is 1. The van der Waals surface area contributed by atoms with Gasteiger partial charge in [-0.25, -0.2) is 0 Å². The largest absolute Gasteiger partial charge is 0.397 e. The van der Waals surface area contributed by atoms with Crippen LogP contribution in [0.25, 0.3) is 0 Å². The van der Waals surface area contributed by atoms with E-state index in [1.54, 1.807) is 6.07 Å². The van der Waals surface area contributed by atoms with Crippen molar-refractivity contribution in [3.8, 4) is 0 Å². The van der Waals surface area contributed by atoms with Crippen molar-refractivity contribution in [3.63, 3.8) is 0 Å². The van der Waals surface area contributed by atoms with Crippen molar-refractivity contribution < 1.29 is 4.79 Å². The van der Waals surface area contributed by atoms with Gasteiger partial charge in [0.2, 0.25) is 0 Å². The Morgan fingerprint density at radius 3 is 2.58 bits per heavy atom. The quantitative estimate of drug-likeness (QED) is 0.744. The molecular formula is C15H25N3O. The second-order valence-corrected chi connectivity index (χ2v) is 4.57. The van der Waals surface area contributed by atoms with Gasteiger partial charge in [-0.15, -0.1) is 0 Å². The number of benzene rings is 1. The first kappa shape index (κ1) is 15.3. The predicted octanol–water partition coefficient (Wildman–Crippen LogP) is 2.64. The summed E-state index contributed by atoms with van der Waals surface area (Å²) in [6.07, 6.45) is 2.30. The van der Waals surface area contributed by atoms with Gasteiger partial charge in [-0.05, 0) is 38.5 Å². The van der Waals surface area contributed by atoms with Crippen LogP contribution in [0.4, 0.5) is 11.4 Å². The van der Waals surface area contributed by atoms with Crippen LogP contribution in [-0.2, 0) is 0 Å². The number of hydrogen-bond acceptors (Lipinski definition) is 3. The van der Waals surface area contributed by atoms with Crippen molar-refractivity contribution in [2.24, 2.45) is 0 Å². The molecule has 0 aliphatic heterocycles. The molecule has 4 nitrogen and oxygen atoms in total. The molecule has 0 spiro atoms. The number of nitrogens with zero attached hydrogens (tertiary/aromatic N) is 1. The Kier molecular flexibility index (Phi) is 6.19. The van der Waals surface area contributed by atoms with Gasteiger partial charge in [0.15, 0.2) is 0 Å². The molecule has 0 heterocycles. The summed E-state index contributed by atoms with van der Waals surface area (Å²) in [5.74, 6) is -0.0719. The molecule has 0 saturated carbocycles. The summed E-state index contributed by atoms with van der Waals surface area (Å²) >= 11 is 0. The molecule has 19 heavy (non-hydrogen) atoms. The average molecular weight is 263 g/mol. The van der Waals surface area contributed by atoms with Gasteiger partial charge < -0.3 is 16.0 Å². The van der Waals surface area contributed by atoms with E-state index in [9.17, 15) is 4.79 Å². The summed E-state index contributed by atoms with van der Waals surface area (Å²) in [4.78, 5) is 14.0. The summed E-state index contributed by atoms with van der Waals surface area (Å²) in [6.45, 7) is 8.74. The maximum absolute atomic E-state index is 11.7. The van der Waals surface area contributed by atoms with E-state index in [4.69, 9.17) is 5.73 Å². The highest BCUT2D eigenvalue weighted by Gasteiger charge is 2.11. The molecule has 1 aromatic carbocycles. The van der Waals surface area contributed by atoms with E-state index < -0.39 is 0 Å². The predicted molar refractivity (Wildman–Crippen MR) is 81.7 cm³/mol. The number of nitrogens with one attached hydrogen (secondary N) is 1. The lowest BCUT2D eigenvalue weighted by Gasteiger charge is -2.24. The minimum Gasteiger partial charge on any atom is -0.397 e. The lowest BCUT2D eigenvalue weighted by Crippen LogP contribution is -2.26. The fraction of sp³-hybridized carbons (Fsp3) is 0.533. The van der Waals surface area contributed by atoms with E-state index in [-0.39, 0.29) is 5.91 Å². The van der Waals surface area contributed by atoms with Crippen LogP contribution in [0.1, 0.15) is 44.0 Å². The molecule has 0 bridgehead atoms. The Morgan fingerprint density at radius 2 is 2.05 bits per heavy atom. The Hall–Kier alpha value is -1.71. The van der Waals surface area contributed by atoms with Gasteiger partial charge in [-0.2, -0.15) is 0 Å². The topological polar surface area (TPSA) is 58.4 Å². The molecule has 0 aromatic heterocycles. The van der Waals surface area contributed by atoms with Crippen molar-refractivity contribution in [2.75, 3.05) is 30.3 Å². The molecule has 0 radical (unpaired) electrons. The molecule has 106 valence electrons. The van der Waals surface area contributed by atoms with Gasteiger partial charge in [0.25, 0.3) is 5.91 Å². The van der Waals surface area contributed by atoms with Crippen LogP contribution >= 0.6 is 0 Å². The summed E-state index contributed by atoms with van der Waals surface area (Å²) in [6, 6.07) is 5.54. The Labute approximate surface area is 116 Å². The number of nitrogens with two attached hydrogens (primary N) is 1. The standard InChI is InChI=1S/C15H25N3O/c1-4-7-10-18(6-3)14-9-8-12(11-13(14)16)15(19)17-5-2/h8-9,11H,4-7,10,16H2,1-3H3,(H,17,19). The molecule has 0 aliphatic rings. The minimum atomic E-state index is -0.0719. The maximum atomic E-state index is 11.7. The molecule has 1 rings (SSSR count). The molecule has 0 unspecified atom stereocenters. The molecule has 3 N–H and O–H groups in total. The van der Waals surface area contributed by atoms with Crippen LogP contribution in [0.3, 0.4) is 0 Å². The van der Waals surface area contributed by atoms with Crippen LogP contribution in [0, 0.1) is 0 Å². The van der Waals surface area contributed by atoms with Gasteiger partial charge >= 0.3 is 0 Å². The van der Waals surface area contributed by atoms with Crippen molar-refractivity contribution >= 4 is 17.3 Å². The van der Waals surface area contributed by atoms with E-state index in [2.05, 4.69) is 24.1 Å². The van der Waals surface area contributed by atoms with E-state index in [1.165, 1.54) is 0 Å². The fourth-order valence-corrected chi connectivity index (χ4v) is 2.04. The van der Waals surface area contributed by atoms with E-state index in [0.717, 1.165) is 31.6 Å². The van der Waals surface area contributed by atoms with Crippen molar-refractivity contribution in [1.82, 2.24) is 5.32 Å². The molecule has 0 fully saturated rings. The van der Waals surface area contributed by atoms with Gasteiger partial charge in [-0.3, -0.25) is 4.79 Å². The Bertz CT molecular complexity index is 418. The molecular weight excluding hydrogens is 238 g/mol. The highest BCUT2D eigenvalue weighted by Crippen LogP contribution is 2.24. The lowest BCUT2D eigenvalue weighted by atomic mass is 10.1. The minimum absolute atomic E-state index is 0.0719. The van der Waals surface area contributed by atoms with E-state index in [0.29, 0.717) is 17.8 Å². The third-order valence-corrected chi connectivity index (χ3v) is 3.13. The van der Waals surface area contributed by atoms with Crippen LogP contribution < -0.4 is 16.0 Å². The second kappa shape index (κ2) is 7.67. The van der Waals surface area contributed by atoms with Crippen molar-refractivity contribution in [2.45, 2.75) is 33.6 Å². The number of nitrogen functional groups attached to an aromatic ring is 1. The molecule has 0 atom stereocenters. The zero-order valence-corrected chi connectivity index (χ0v) is 12.2. The first-order valence-corrected chi connectivity index (χ1v) is 7.06. The first-order valence-electron chi connectivity index (χ1n) is 7.06. The van der Waals surface area contributed by atoms with Crippen LogP contribution in [0.15, 0.2) is 18.2 Å². The normalized spacial score (nSPS) is 10.3. The van der Waals surface area contributed by atoms with Crippen molar-refractivity contribution in [3.05, 3.63) is 23.8 Å². The zero-order chi connectivity index (χ0) is 14.3. The monoisotopic (exact) mass is 263 g/mol. The third-order valence-electron chi connectivity index (χ3n) is 3.13. The van der Waals surface area contributed by atoms with Crippen LogP contribution in [0.5, 0.6) is 0 Å². The number of hydrogen-bond donors (Lipinski definition) is 2. The fourth-order valence-electron chi connectivity index (χ4n) is 2.04. The van der Waals surface area contributed by atoms with Crippen LogP contribution in [-0.4, -0.2) is 25.5 Å². The second-order valence-electron chi connectivity index (χ2n) is 4.57. The van der Waals surface area contributed by atoms with Gasteiger partial charge in [-0.1, -0.05) is 13.3 Å². The smallest absolute Gasteiger partial charge is 0.251 e. The van der Waals surface area contributed by atoms with Gasteiger partial charge in [0, 0.05) is 25.2 Å². The molecule has 0 saturated heterocycles. The number of rotatable bonds is 7. The first-order chi connectivity index (χ1) is 9.13.